The van der Waals surface area contributed by atoms with Gasteiger partial charge in [-0.1, -0.05) is 11.6 Å². The van der Waals surface area contributed by atoms with Crippen molar-refractivity contribution in [3.63, 3.8) is 0 Å². The Morgan fingerprint density at radius 1 is 1.27 bits per heavy atom. The van der Waals surface area contributed by atoms with Gasteiger partial charge in [-0.05, 0) is 56.3 Å². The first-order chi connectivity index (χ1) is 12.4. The van der Waals surface area contributed by atoms with Crippen LogP contribution >= 0.6 is 22.9 Å². The van der Waals surface area contributed by atoms with Crippen molar-refractivity contribution in [2.75, 3.05) is 0 Å². The summed E-state index contributed by atoms with van der Waals surface area (Å²) in [6.07, 6.45) is 3.13. The van der Waals surface area contributed by atoms with E-state index in [1.54, 1.807) is 29.5 Å². The molecule has 6 heteroatoms. The SMILES string of the molecule is Cc1cc(C(=O)/C=C/c2ccc(COc3ccc(F)c(Cl)c3)o2)c(C)s1. The second kappa shape index (κ2) is 7.89. The second-order valence-corrected chi connectivity index (χ2v) is 7.56. The number of aryl methyl sites for hydroxylation is 2. The number of halogens is 2. The Bertz CT molecular complexity index is 971. The lowest BCUT2D eigenvalue weighted by atomic mass is 10.1. The molecule has 0 amide bonds. The Morgan fingerprint density at radius 3 is 2.77 bits per heavy atom. The van der Waals surface area contributed by atoms with Gasteiger partial charge in [0.05, 0.1) is 5.02 Å². The first-order valence-electron chi connectivity index (χ1n) is 7.88. The van der Waals surface area contributed by atoms with Gasteiger partial charge in [0, 0.05) is 21.4 Å². The zero-order chi connectivity index (χ0) is 18.7. The highest BCUT2D eigenvalue weighted by molar-refractivity contribution is 7.12. The van der Waals surface area contributed by atoms with Crippen LogP contribution in [0.5, 0.6) is 5.75 Å². The van der Waals surface area contributed by atoms with Crippen LogP contribution in [0.25, 0.3) is 6.08 Å². The largest absolute Gasteiger partial charge is 0.486 e. The first kappa shape index (κ1) is 18.4. The molecular formula is C20H16ClFO3S. The van der Waals surface area contributed by atoms with Gasteiger partial charge < -0.3 is 9.15 Å². The standard InChI is InChI=1S/C20H16ClFO3S/c1-12-9-17(13(2)26-12)20(23)8-6-14-3-4-16(25-14)11-24-15-5-7-19(22)18(21)10-15/h3-10H,11H2,1-2H3/b8-6+. The summed E-state index contributed by atoms with van der Waals surface area (Å²) < 4.78 is 24.3. The topological polar surface area (TPSA) is 39.4 Å². The van der Waals surface area contributed by atoms with Gasteiger partial charge in [0.15, 0.2) is 5.78 Å². The lowest BCUT2D eigenvalue weighted by Gasteiger charge is -2.04. The molecule has 3 aromatic rings. The summed E-state index contributed by atoms with van der Waals surface area (Å²) in [5.74, 6) is 1.04. The zero-order valence-corrected chi connectivity index (χ0v) is 15.8. The molecule has 2 aromatic heterocycles. The molecule has 0 aliphatic rings. The highest BCUT2D eigenvalue weighted by Gasteiger charge is 2.09. The highest BCUT2D eigenvalue weighted by Crippen LogP contribution is 2.23. The van der Waals surface area contributed by atoms with Crippen LogP contribution in [-0.4, -0.2) is 5.78 Å². The van der Waals surface area contributed by atoms with E-state index >= 15 is 0 Å². The van der Waals surface area contributed by atoms with Gasteiger partial charge in [-0.3, -0.25) is 4.79 Å². The molecule has 3 nitrogen and oxygen atoms in total. The lowest BCUT2D eigenvalue weighted by molar-refractivity contribution is 0.104. The van der Waals surface area contributed by atoms with E-state index in [1.165, 1.54) is 24.3 Å². The molecule has 134 valence electrons. The smallest absolute Gasteiger partial charge is 0.187 e. The van der Waals surface area contributed by atoms with Crippen LogP contribution in [0.4, 0.5) is 4.39 Å². The molecule has 1 aromatic carbocycles. The summed E-state index contributed by atoms with van der Waals surface area (Å²) in [7, 11) is 0. The quantitative estimate of drug-likeness (QED) is 0.370. The molecule has 0 radical (unpaired) electrons. The van der Waals surface area contributed by atoms with Crippen LogP contribution < -0.4 is 4.74 Å². The fraction of sp³-hybridized carbons (Fsp3) is 0.150. The molecule has 0 aliphatic carbocycles. The number of furan rings is 1. The van der Waals surface area contributed by atoms with Crippen molar-refractivity contribution in [2.45, 2.75) is 20.5 Å². The number of thiophene rings is 1. The summed E-state index contributed by atoms with van der Waals surface area (Å²) in [4.78, 5) is 14.4. The molecule has 0 bridgehead atoms. The lowest BCUT2D eigenvalue weighted by Crippen LogP contribution is -1.94. The molecule has 0 unspecified atom stereocenters. The summed E-state index contributed by atoms with van der Waals surface area (Å²) in [6, 6.07) is 9.55. The van der Waals surface area contributed by atoms with Crippen LogP contribution in [0.1, 0.15) is 31.6 Å². The molecule has 0 atom stereocenters. The number of carbonyl (C=O) groups excluding carboxylic acids is 1. The van der Waals surface area contributed by atoms with Crippen LogP contribution in [0.15, 0.2) is 46.9 Å². The number of rotatable bonds is 6. The van der Waals surface area contributed by atoms with E-state index < -0.39 is 5.82 Å². The summed E-state index contributed by atoms with van der Waals surface area (Å²) in [5, 5.41) is 0.00281. The molecule has 2 heterocycles. The fourth-order valence-electron chi connectivity index (χ4n) is 2.41. The predicted octanol–water partition coefficient (Wildman–Crippen LogP) is 6.23. The molecular weight excluding hydrogens is 375 g/mol. The van der Waals surface area contributed by atoms with Gasteiger partial charge in [-0.2, -0.15) is 0 Å². The third-order valence-corrected chi connectivity index (χ3v) is 4.92. The van der Waals surface area contributed by atoms with E-state index in [4.69, 9.17) is 20.8 Å². The van der Waals surface area contributed by atoms with Crippen molar-refractivity contribution in [2.24, 2.45) is 0 Å². The molecule has 0 spiro atoms. The molecule has 0 aliphatic heterocycles. The molecule has 26 heavy (non-hydrogen) atoms. The number of hydrogen-bond donors (Lipinski definition) is 0. The predicted molar refractivity (Wildman–Crippen MR) is 102 cm³/mol. The minimum Gasteiger partial charge on any atom is -0.486 e. The molecule has 0 N–H and O–H groups in total. The third-order valence-electron chi connectivity index (χ3n) is 3.66. The van der Waals surface area contributed by atoms with Crippen molar-refractivity contribution in [3.8, 4) is 5.75 Å². The Kier molecular flexibility index (Phi) is 5.59. The van der Waals surface area contributed by atoms with E-state index in [0.29, 0.717) is 22.8 Å². The maximum Gasteiger partial charge on any atom is 0.187 e. The van der Waals surface area contributed by atoms with Crippen LogP contribution in [0, 0.1) is 19.7 Å². The monoisotopic (exact) mass is 390 g/mol. The Balaban J connectivity index is 1.61. The first-order valence-corrected chi connectivity index (χ1v) is 9.08. The molecule has 0 saturated heterocycles. The Morgan fingerprint density at radius 2 is 2.08 bits per heavy atom. The van der Waals surface area contributed by atoms with E-state index in [1.807, 2.05) is 19.9 Å². The summed E-state index contributed by atoms with van der Waals surface area (Å²) in [5.41, 5.74) is 0.715. The highest BCUT2D eigenvalue weighted by atomic mass is 35.5. The van der Waals surface area contributed by atoms with Crippen LogP contribution in [-0.2, 0) is 6.61 Å². The van der Waals surface area contributed by atoms with Crippen molar-refractivity contribution >= 4 is 34.8 Å². The average Bonchev–Trinajstić information content (AvgIpc) is 3.19. The number of benzene rings is 1. The van der Waals surface area contributed by atoms with Crippen LogP contribution in [0.2, 0.25) is 5.02 Å². The van der Waals surface area contributed by atoms with Gasteiger partial charge in [0.1, 0.15) is 29.7 Å². The van der Waals surface area contributed by atoms with E-state index in [0.717, 1.165) is 9.75 Å². The van der Waals surface area contributed by atoms with Crippen molar-refractivity contribution in [3.05, 3.63) is 80.2 Å². The van der Waals surface area contributed by atoms with Gasteiger partial charge in [0.2, 0.25) is 0 Å². The van der Waals surface area contributed by atoms with Crippen molar-refractivity contribution in [1.82, 2.24) is 0 Å². The third kappa shape index (κ3) is 4.42. The Labute approximate surface area is 159 Å². The maximum atomic E-state index is 13.1. The number of hydrogen-bond acceptors (Lipinski definition) is 4. The normalized spacial score (nSPS) is 11.2. The van der Waals surface area contributed by atoms with Gasteiger partial charge in [0.25, 0.3) is 0 Å². The Hall–Kier alpha value is -2.37. The van der Waals surface area contributed by atoms with E-state index in [2.05, 4.69) is 0 Å². The number of carbonyl (C=O) groups is 1. The average molecular weight is 391 g/mol. The van der Waals surface area contributed by atoms with Crippen molar-refractivity contribution < 1.29 is 18.3 Å². The van der Waals surface area contributed by atoms with Crippen LogP contribution in [0.3, 0.4) is 0 Å². The van der Waals surface area contributed by atoms with E-state index in [9.17, 15) is 9.18 Å². The minimum atomic E-state index is -0.495. The summed E-state index contributed by atoms with van der Waals surface area (Å²) in [6.45, 7) is 4.08. The number of allylic oxidation sites excluding steroid dienone is 1. The van der Waals surface area contributed by atoms with Gasteiger partial charge >= 0.3 is 0 Å². The maximum absolute atomic E-state index is 13.1. The molecule has 0 saturated carbocycles. The fourth-order valence-corrected chi connectivity index (χ4v) is 3.51. The van der Waals surface area contributed by atoms with Crippen molar-refractivity contribution in [1.29, 1.82) is 0 Å². The van der Waals surface area contributed by atoms with Gasteiger partial charge in [-0.15, -0.1) is 11.3 Å². The number of ketones is 1. The van der Waals surface area contributed by atoms with Gasteiger partial charge in [-0.25, -0.2) is 4.39 Å². The van der Waals surface area contributed by atoms with E-state index in [-0.39, 0.29) is 17.4 Å². The second-order valence-electron chi connectivity index (χ2n) is 5.69. The zero-order valence-electron chi connectivity index (χ0n) is 14.2. The summed E-state index contributed by atoms with van der Waals surface area (Å²) >= 11 is 7.32. The molecule has 0 fully saturated rings. The minimum absolute atomic E-state index is 0.00281. The molecule has 3 rings (SSSR count). The number of ether oxygens (including phenoxy) is 1.